The van der Waals surface area contributed by atoms with Gasteiger partial charge in [0.25, 0.3) is 0 Å². The first-order valence-electron chi connectivity index (χ1n) is 9.78. The highest BCUT2D eigenvalue weighted by Gasteiger charge is 2.51. The molecule has 2 rings (SSSR count). The van der Waals surface area contributed by atoms with Crippen molar-refractivity contribution in [3.8, 4) is 0 Å². The van der Waals surface area contributed by atoms with Crippen molar-refractivity contribution in [3.05, 3.63) is 22.2 Å². The van der Waals surface area contributed by atoms with Crippen LogP contribution in [-0.4, -0.2) is 45.5 Å². The van der Waals surface area contributed by atoms with Crippen molar-refractivity contribution in [1.29, 1.82) is 0 Å². The van der Waals surface area contributed by atoms with Crippen molar-refractivity contribution in [2.24, 2.45) is 5.41 Å². The minimum atomic E-state index is -4.45. The molecule has 0 aromatic carbocycles. The fourth-order valence-electron chi connectivity index (χ4n) is 3.36. The number of phosphoric acid groups is 1. The second-order valence-electron chi connectivity index (χ2n) is 9.77. The molecular weight excluding hydrogens is 413 g/mol. The molecule has 1 aliphatic rings. The molecule has 0 amide bonds. The maximum absolute atomic E-state index is 12.7. The molecular formula is C19H34N3O7P. The highest BCUT2D eigenvalue weighted by atomic mass is 31.2. The Balaban J connectivity index is 2.45. The summed E-state index contributed by atoms with van der Waals surface area (Å²) in [5.74, 6) is 0.126. The Bertz CT molecular complexity index is 859. The third-order valence-corrected chi connectivity index (χ3v) is 5.75. The van der Waals surface area contributed by atoms with Gasteiger partial charge in [-0.25, -0.2) is 9.36 Å². The van der Waals surface area contributed by atoms with Crippen LogP contribution in [0.5, 0.6) is 0 Å². The van der Waals surface area contributed by atoms with Crippen molar-refractivity contribution < 1.29 is 28.0 Å². The quantitative estimate of drug-likeness (QED) is 0.631. The first kappa shape index (κ1) is 25.0. The summed E-state index contributed by atoms with van der Waals surface area (Å²) in [5, 5.41) is 0. The summed E-state index contributed by atoms with van der Waals surface area (Å²) >= 11 is 0. The Morgan fingerprint density at radius 2 is 1.87 bits per heavy atom. The summed E-state index contributed by atoms with van der Waals surface area (Å²) in [6.07, 6.45) is -1.34. The van der Waals surface area contributed by atoms with E-state index in [0.717, 1.165) is 0 Å². The second-order valence-corrected chi connectivity index (χ2v) is 11.1. The van der Waals surface area contributed by atoms with Gasteiger partial charge in [-0.3, -0.25) is 13.6 Å². The van der Waals surface area contributed by atoms with Crippen molar-refractivity contribution in [2.45, 2.75) is 85.0 Å². The number of nitrogen functional groups attached to an aromatic ring is 1. The maximum atomic E-state index is 12.7. The molecule has 0 saturated carbocycles. The van der Waals surface area contributed by atoms with Crippen LogP contribution < -0.4 is 11.4 Å². The van der Waals surface area contributed by atoms with E-state index in [-0.39, 0.29) is 11.2 Å². The first-order chi connectivity index (χ1) is 13.5. The fourth-order valence-corrected chi connectivity index (χ4v) is 4.66. The zero-order valence-electron chi connectivity index (χ0n) is 18.9. The molecule has 1 saturated heterocycles. The smallest absolute Gasteiger partial charge is 0.383 e. The van der Waals surface area contributed by atoms with Crippen LogP contribution in [-0.2, 0) is 23.1 Å². The Kier molecular flexibility index (Phi) is 7.23. The van der Waals surface area contributed by atoms with Crippen molar-refractivity contribution in [2.75, 3.05) is 12.8 Å². The van der Waals surface area contributed by atoms with E-state index in [1.165, 1.54) is 17.9 Å². The number of ether oxygens (including phenoxy) is 2. The number of nitrogens with two attached hydrogens (primary N) is 1. The number of hydrogen-bond acceptors (Lipinski definition) is 8. The number of anilines is 1. The topological polar surface area (TPSA) is 135 Å². The van der Waals surface area contributed by atoms with Crippen LogP contribution >= 0.6 is 7.82 Å². The van der Waals surface area contributed by atoms with Gasteiger partial charge in [-0.15, -0.1) is 0 Å². The van der Waals surface area contributed by atoms with Crippen LogP contribution in [0.15, 0.2) is 11.0 Å². The van der Waals surface area contributed by atoms with Crippen LogP contribution in [0.25, 0.3) is 0 Å². The molecule has 1 aliphatic heterocycles. The summed E-state index contributed by atoms with van der Waals surface area (Å²) in [6.45, 7) is 12.7. The predicted molar refractivity (Wildman–Crippen MR) is 112 cm³/mol. The third kappa shape index (κ3) is 6.35. The van der Waals surface area contributed by atoms with E-state index in [1.54, 1.807) is 27.7 Å². The standard InChI is InChI=1S/C19H34N3O7P/c1-11-10-22(17(23)21-15(11)20)16-14(26-8)13(12(27-16)9-18(2,3)4)28-30(24,25)29-19(5,6)7/h10,12-14,16H,9H2,1-8H3,(H,24,25)(H2,20,21,23)/t12-,13+,14?,16-/m1/s1. The Hall–Kier alpha value is -1.29. The lowest BCUT2D eigenvalue weighted by molar-refractivity contribution is -0.0594. The van der Waals surface area contributed by atoms with Crippen molar-refractivity contribution in [3.63, 3.8) is 0 Å². The highest BCUT2D eigenvalue weighted by Crippen LogP contribution is 2.52. The number of aryl methyl sites for hydroxylation is 1. The van der Waals surface area contributed by atoms with E-state index in [9.17, 15) is 14.3 Å². The van der Waals surface area contributed by atoms with Gasteiger partial charge >= 0.3 is 13.5 Å². The lowest BCUT2D eigenvalue weighted by Gasteiger charge is -2.30. The molecule has 1 aromatic heterocycles. The fraction of sp³-hybridized carbons (Fsp3) is 0.789. The zero-order chi connectivity index (χ0) is 23.1. The van der Waals surface area contributed by atoms with Gasteiger partial charge in [-0.2, -0.15) is 4.98 Å². The molecule has 1 fully saturated rings. The average molecular weight is 447 g/mol. The number of methoxy groups -OCH3 is 1. The van der Waals surface area contributed by atoms with Gasteiger partial charge in [0.15, 0.2) is 6.23 Å². The third-order valence-electron chi connectivity index (χ3n) is 4.46. The zero-order valence-corrected chi connectivity index (χ0v) is 19.8. The van der Waals surface area contributed by atoms with Gasteiger partial charge in [0.05, 0.1) is 11.7 Å². The molecule has 5 atom stereocenters. The van der Waals surface area contributed by atoms with E-state index in [1.807, 2.05) is 20.8 Å². The predicted octanol–water partition coefficient (Wildman–Crippen LogP) is 2.78. The molecule has 0 radical (unpaired) electrons. The second kappa shape index (κ2) is 8.68. The molecule has 30 heavy (non-hydrogen) atoms. The molecule has 10 nitrogen and oxygen atoms in total. The van der Waals surface area contributed by atoms with Gasteiger partial charge in [0.2, 0.25) is 0 Å². The maximum Gasteiger partial charge on any atom is 0.473 e. The summed E-state index contributed by atoms with van der Waals surface area (Å²) < 4.78 is 36.5. The van der Waals surface area contributed by atoms with Crippen LogP contribution in [0.4, 0.5) is 5.82 Å². The molecule has 0 spiro atoms. The molecule has 11 heteroatoms. The highest BCUT2D eigenvalue weighted by molar-refractivity contribution is 7.47. The molecule has 0 bridgehead atoms. The van der Waals surface area contributed by atoms with Crippen LogP contribution in [0.3, 0.4) is 0 Å². The number of rotatable bonds is 6. The monoisotopic (exact) mass is 447 g/mol. The summed E-state index contributed by atoms with van der Waals surface area (Å²) in [7, 11) is -3.02. The van der Waals surface area contributed by atoms with Gasteiger partial charge in [-0.05, 0) is 39.5 Å². The molecule has 0 aliphatic carbocycles. The molecule has 1 aromatic rings. The van der Waals surface area contributed by atoms with Crippen LogP contribution in [0, 0.1) is 12.3 Å². The number of phosphoric ester groups is 1. The van der Waals surface area contributed by atoms with Gasteiger partial charge < -0.3 is 20.1 Å². The van der Waals surface area contributed by atoms with E-state index in [2.05, 4.69) is 4.98 Å². The summed E-state index contributed by atoms with van der Waals surface area (Å²) in [6, 6.07) is 0. The van der Waals surface area contributed by atoms with Crippen LogP contribution in [0.2, 0.25) is 0 Å². The van der Waals surface area contributed by atoms with E-state index in [4.69, 9.17) is 24.3 Å². The van der Waals surface area contributed by atoms with Gasteiger partial charge in [-0.1, -0.05) is 20.8 Å². The van der Waals surface area contributed by atoms with Gasteiger partial charge in [0, 0.05) is 18.9 Å². The minimum Gasteiger partial charge on any atom is -0.383 e. The van der Waals surface area contributed by atoms with Gasteiger partial charge in [0.1, 0.15) is 18.0 Å². The van der Waals surface area contributed by atoms with Crippen molar-refractivity contribution >= 4 is 13.6 Å². The Morgan fingerprint density at radius 3 is 2.37 bits per heavy atom. The largest absolute Gasteiger partial charge is 0.473 e. The Morgan fingerprint density at radius 1 is 1.27 bits per heavy atom. The molecule has 172 valence electrons. The van der Waals surface area contributed by atoms with Crippen molar-refractivity contribution in [1.82, 2.24) is 9.55 Å². The van der Waals surface area contributed by atoms with E-state index >= 15 is 0 Å². The average Bonchev–Trinajstić information content (AvgIpc) is 2.83. The summed E-state index contributed by atoms with van der Waals surface area (Å²) in [5.41, 5.74) is 4.61. The normalized spacial score (nSPS) is 27.2. The number of nitrogens with zero attached hydrogens (tertiary/aromatic N) is 2. The SMILES string of the molecule is COC1[C@@H](OP(=O)(O)OC(C)(C)C)[C@@H](CC(C)(C)C)O[C@H]1n1cc(C)c(N)nc1=O. The molecule has 3 N–H and O–H groups in total. The van der Waals surface area contributed by atoms with E-state index < -0.39 is 43.7 Å². The molecule has 2 unspecified atom stereocenters. The molecule has 2 heterocycles. The lowest BCUT2D eigenvalue weighted by atomic mass is 9.87. The van der Waals surface area contributed by atoms with E-state index in [0.29, 0.717) is 12.0 Å². The van der Waals surface area contributed by atoms with Crippen LogP contribution in [0.1, 0.15) is 59.8 Å². The number of aromatic nitrogens is 2. The number of hydrogen-bond donors (Lipinski definition) is 2. The Labute approximate surface area is 177 Å². The summed E-state index contributed by atoms with van der Waals surface area (Å²) in [4.78, 5) is 26.6. The first-order valence-corrected chi connectivity index (χ1v) is 11.3. The lowest BCUT2D eigenvalue weighted by Crippen LogP contribution is -2.39. The minimum absolute atomic E-state index is 0.126.